The van der Waals surface area contributed by atoms with Crippen LogP contribution in [0.4, 0.5) is 0 Å². The van der Waals surface area contributed by atoms with Crippen molar-refractivity contribution in [1.29, 1.82) is 0 Å². The first-order valence-corrected chi connectivity index (χ1v) is 7.77. The monoisotopic (exact) mass is 281 g/mol. The maximum Gasteiger partial charge on any atom is 0.503 e. The molecule has 6 nitrogen and oxygen atoms in total. The molecule has 0 aliphatic carbocycles. The Morgan fingerprint density at radius 2 is 1.89 bits per heavy atom. The molecule has 0 N–H and O–H groups in total. The topological polar surface area (TPSA) is 76.5 Å². The molecule has 1 rings (SSSR count). The zero-order valence-electron chi connectivity index (χ0n) is 11.4. The van der Waals surface area contributed by atoms with E-state index < -0.39 is 8.80 Å². The van der Waals surface area contributed by atoms with E-state index in [1.165, 1.54) is 0 Å². The van der Waals surface area contributed by atoms with E-state index in [2.05, 4.69) is 10.0 Å². The maximum absolute atomic E-state index is 8.39. The van der Waals surface area contributed by atoms with E-state index in [0.29, 0.717) is 13.2 Å². The number of benzene rings is 1. The molecular formula is C12H19N3O3Si. The summed E-state index contributed by atoms with van der Waals surface area (Å²) in [7, 11) is 0.294. The largest absolute Gasteiger partial charge is 0.503 e. The molecule has 0 saturated carbocycles. The summed E-state index contributed by atoms with van der Waals surface area (Å²) in [5.41, 5.74) is 9.34. The van der Waals surface area contributed by atoms with Gasteiger partial charge in [-0.2, -0.15) is 0 Å². The summed E-state index contributed by atoms with van der Waals surface area (Å²) in [5, 5.41) is 3.56. The fourth-order valence-electron chi connectivity index (χ4n) is 1.77. The van der Waals surface area contributed by atoms with E-state index in [1.807, 2.05) is 37.3 Å². The van der Waals surface area contributed by atoms with E-state index >= 15 is 0 Å². The molecule has 104 valence electrons. The molecule has 1 unspecified atom stereocenters. The molecule has 0 aromatic heterocycles. The lowest BCUT2D eigenvalue weighted by molar-refractivity contribution is 0.0828. The van der Waals surface area contributed by atoms with Gasteiger partial charge in [0.25, 0.3) is 0 Å². The van der Waals surface area contributed by atoms with Gasteiger partial charge in [-0.05, 0) is 11.1 Å². The van der Waals surface area contributed by atoms with Gasteiger partial charge in [0.15, 0.2) is 0 Å². The second kappa shape index (κ2) is 7.93. The molecule has 7 heteroatoms. The summed E-state index contributed by atoms with van der Waals surface area (Å²) >= 11 is 0. The fourth-order valence-corrected chi connectivity index (χ4v) is 3.94. The van der Waals surface area contributed by atoms with Gasteiger partial charge in [0.1, 0.15) is 0 Å². The molecule has 0 spiro atoms. The Hall–Kier alpha value is -1.37. The van der Waals surface area contributed by atoms with Crippen LogP contribution in [0.2, 0.25) is 5.54 Å². The Morgan fingerprint density at radius 1 is 1.26 bits per heavy atom. The van der Waals surface area contributed by atoms with Crippen LogP contribution >= 0.6 is 0 Å². The molecular weight excluding hydrogens is 262 g/mol. The lowest BCUT2D eigenvalue weighted by atomic mass is 10.2. The highest BCUT2D eigenvalue weighted by Gasteiger charge is 2.45. The molecule has 19 heavy (non-hydrogen) atoms. The van der Waals surface area contributed by atoms with Crippen molar-refractivity contribution in [3.8, 4) is 0 Å². The van der Waals surface area contributed by atoms with Crippen LogP contribution in [0.1, 0.15) is 12.5 Å². The van der Waals surface area contributed by atoms with E-state index in [0.717, 1.165) is 5.56 Å². The van der Waals surface area contributed by atoms with Crippen LogP contribution in [0, 0.1) is 0 Å². The smallest absolute Gasteiger partial charge is 0.377 e. The molecule has 0 fully saturated rings. The average Bonchev–Trinajstić information content (AvgIpc) is 2.47. The Balaban J connectivity index is 2.72. The SMILES string of the molecule is CO[Si](OC)(OCc1ccccc1)C(C)CN=[N+]=[N-]. The predicted molar refractivity (Wildman–Crippen MR) is 74.4 cm³/mol. The van der Waals surface area contributed by atoms with Crippen molar-refractivity contribution in [1.82, 2.24) is 0 Å². The summed E-state index contributed by atoms with van der Waals surface area (Å²) in [6.45, 7) is 2.60. The van der Waals surface area contributed by atoms with Crippen LogP contribution in [-0.4, -0.2) is 29.6 Å². The quantitative estimate of drug-likeness (QED) is 0.318. The van der Waals surface area contributed by atoms with Gasteiger partial charge in [-0.15, -0.1) is 0 Å². The summed E-state index contributed by atoms with van der Waals surface area (Å²) < 4.78 is 16.8. The first-order chi connectivity index (χ1) is 9.18. The third-order valence-electron chi connectivity index (χ3n) is 2.87. The molecule has 0 amide bonds. The summed E-state index contributed by atoms with van der Waals surface area (Å²) in [6.07, 6.45) is 0. The highest BCUT2D eigenvalue weighted by Crippen LogP contribution is 2.26. The van der Waals surface area contributed by atoms with Crippen LogP contribution in [0.15, 0.2) is 35.4 Å². The number of azide groups is 1. The van der Waals surface area contributed by atoms with Gasteiger partial charge in [-0.1, -0.05) is 42.4 Å². The lowest BCUT2D eigenvalue weighted by Gasteiger charge is -2.31. The van der Waals surface area contributed by atoms with Crippen molar-refractivity contribution < 1.29 is 13.3 Å². The van der Waals surface area contributed by atoms with E-state index in [4.69, 9.17) is 18.8 Å². The number of rotatable bonds is 8. The van der Waals surface area contributed by atoms with Crippen molar-refractivity contribution in [2.24, 2.45) is 5.11 Å². The van der Waals surface area contributed by atoms with Gasteiger partial charge in [0.05, 0.1) is 6.61 Å². The van der Waals surface area contributed by atoms with Crippen molar-refractivity contribution in [3.63, 3.8) is 0 Å². The highest BCUT2D eigenvalue weighted by atomic mass is 28.4. The standard InChI is InChI=1S/C12H19N3O3Si/c1-11(9-14-15-13)19(16-2,17-3)18-10-12-7-5-4-6-8-12/h4-8,11H,9-10H2,1-3H3. The number of hydrogen-bond donors (Lipinski definition) is 0. The third-order valence-corrected chi connectivity index (χ3v) is 5.95. The Morgan fingerprint density at radius 3 is 2.42 bits per heavy atom. The minimum Gasteiger partial charge on any atom is -0.377 e. The fraction of sp³-hybridized carbons (Fsp3) is 0.500. The van der Waals surface area contributed by atoms with Crippen molar-refractivity contribution in [2.45, 2.75) is 19.1 Å². The normalized spacial score (nSPS) is 12.8. The average molecular weight is 281 g/mol. The molecule has 0 radical (unpaired) electrons. The first kappa shape index (κ1) is 15.7. The molecule has 1 aromatic carbocycles. The molecule has 0 saturated heterocycles. The second-order valence-corrected chi connectivity index (χ2v) is 7.40. The Kier molecular flexibility index (Phi) is 6.55. The lowest BCUT2D eigenvalue weighted by Crippen LogP contribution is -2.48. The highest BCUT2D eigenvalue weighted by molar-refractivity contribution is 6.62. The summed E-state index contributed by atoms with van der Waals surface area (Å²) in [5.74, 6) is 0. The van der Waals surface area contributed by atoms with E-state index in [9.17, 15) is 0 Å². The van der Waals surface area contributed by atoms with Crippen molar-refractivity contribution in [2.75, 3.05) is 20.8 Å². The van der Waals surface area contributed by atoms with Gasteiger partial charge in [-0.25, -0.2) is 0 Å². The molecule has 1 aromatic rings. The van der Waals surface area contributed by atoms with Crippen LogP contribution in [0.3, 0.4) is 0 Å². The van der Waals surface area contributed by atoms with E-state index in [-0.39, 0.29) is 5.54 Å². The van der Waals surface area contributed by atoms with Crippen LogP contribution in [-0.2, 0) is 19.9 Å². The van der Waals surface area contributed by atoms with Gasteiger partial charge in [0, 0.05) is 31.2 Å². The van der Waals surface area contributed by atoms with Gasteiger partial charge in [0.2, 0.25) is 0 Å². The van der Waals surface area contributed by atoms with Crippen LogP contribution < -0.4 is 0 Å². The summed E-state index contributed by atoms with van der Waals surface area (Å²) in [6, 6.07) is 9.80. The minimum atomic E-state index is -2.83. The van der Waals surface area contributed by atoms with Crippen molar-refractivity contribution in [3.05, 3.63) is 46.3 Å². The molecule has 0 aliphatic rings. The molecule has 0 aliphatic heterocycles. The predicted octanol–water partition coefficient (Wildman–Crippen LogP) is 3.14. The third kappa shape index (κ3) is 4.34. The van der Waals surface area contributed by atoms with Crippen molar-refractivity contribution >= 4 is 8.80 Å². The first-order valence-electron chi connectivity index (χ1n) is 5.97. The van der Waals surface area contributed by atoms with Gasteiger partial charge < -0.3 is 13.3 Å². The molecule has 0 heterocycles. The minimum absolute atomic E-state index is 0.0953. The Labute approximate surface area is 114 Å². The maximum atomic E-state index is 8.39. The summed E-state index contributed by atoms with van der Waals surface area (Å²) in [4.78, 5) is 2.76. The molecule has 0 bridgehead atoms. The van der Waals surface area contributed by atoms with E-state index in [1.54, 1.807) is 14.2 Å². The second-order valence-electron chi connectivity index (χ2n) is 4.10. The zero-order chi connectivity index (χ0) is 14.1. The number of hydrogen-bond acceptors (Lipinski definition) is 4. The Bertz CT molecular complexity index is 419. The van der Waals surface area contributed by atoms with Crippen LogP contribution in [0.5, 0.6) is 0 Å². The zero-order valence-corrected chi connectivity index (χ0v) is 12.4. The van der Waals surface area contributed by atoms with Gasteiger partial charge in [-0.3, -0.25) is 0 Å². The molecule has 1 atom stereocenters. The number of nitrogens with zero attached hydrogens (tertiary/aromatic N) is 3. The van der Waals surface area contributed by atoms with Crippen LogP contribution in [0.25, 0.3) is 10.4 Å². The van der Waals surface area contributed by atoms with Gasteiger partial charge >= 0.3 is 8.80 Å².